The molecule has 1 aromatic rings. The molecule has 0 saturated carbocycles. The van der Waals surface area contributed by atoms with Crippen molar-refractivity contribution in [3.63, 3.8) is 0 Å². The monoisotopic (exact) mass is 431 g/mol. The number of carbonyl (C=O) groups is 2. The Kier molecular flexibility index (Phi) is 6.19. The van der Waals surface area contributed by atoms with Crippen LogP contribution in [0.1, 0.15) is 59.9 Å². The summed E-state index contributed by atoms with van der Waals surface area (Å²) in [5, 5.41) is 0. The van der Waals surface area contributed by atoms with Crippen LogP contribution in [0.25, 0.3) is 0 Å². The molecule has 31 heavy (non-hydrogen) atoms. The maximum atomic E-state index is 12.6. The minimum absolute atomic E-state index is 0.174. The molecule has 2 atom stereocenters. The van der Waals surface area contributed by atoms with Crippen LogP contribution in [0, 0.1) is 5.92 Å². The topological polar surface area (TPSA) is 74.3 Å². The largest absolute Gasteiger partial charge is 0.494 e. The number of likely N-dealkylation sites (tertiary alicyclic amines) is 1. The van der Waals surface area contributed by atoms with Gasteiger partial charge < -0.3 is 23.7 Å². The Hall–Kier alpha value is -2.06. The van der Waals surface area contributed by atoms with Crippen LogP contribution in [0.15, 0.2) is 24.3 Å². The summed E-state index contributed by atoms with van der Waals surface area (Å²) in [4.78, 5) is 26.6. The molecule has 2 aliphatic rings. The van der Waals surface area contributed by atoms with Crippen LogP contribution in [0.4, 0.5) is 4.79 Å². The molecule has 0 N–H and O–H groups in total. The molecule has 0 bridgehead atoms. The second kappa shape index (κ2) is 8.13. The van der Waals surface area contributed by atoms with Crippen LogP contribution in [0.5, 0.6) is 0 Å². The number of hydrogen-bond donors (Lipinski definition) is 0. The van der Waals surface area contributed by atoms with Gasteiger partial charge in [-0.25, -0.2) is 4.79 Å². The van der Waals surface area contributed by atoms with Gasteiger partial charge in [-0.1, -0.05) is 24.3 Å². The fourth-order valence-electron chi connectivity index (χ4n) is 3.89. The first-order chi connectivity index (χ1) is 14.2. The van der Waals surface area contributed by atoms with Crippen molar-refractivity contribution in [1.82, 2.24) is 4.90 Å². The van der Waals surface area contributed by atoms with E-state index in [2.05, 4.69) is 0 Å². The molecule has 1 amide bonds. The van der Waals surface area contributed by atoms with Crippen molar-refractivity contribution in [2.45, 2.75) is 71.2 Å². The van der Waals surface area contributed by atoms with Crippen molar-refractivity contribution in [3.8, 4) is 0 Å². The molecule has 8 heteroatoms. The quantitative estimate of drug-likeness (QED) is 0.541. The van der Waals surface area contributed by atoms with Gasteiger partial charge in [0.2, 0.25) is 0 Å². The molecule has 0 aliphatic carbocycles. The van der Waals surface area contributed by atoms with Gasteiger partial charge in [0.1, 0.15) is 5.60 Å². The summed E-state index contributed by atoms with van der Waals surface area (Å²) in [6.45, 7) is 14.2. The summed E-state index contributed by atoms with van der Waals surface area (Å²) < 4.78 is 22.7. The van der Waals surface area contributed by atoms with Crippen LogP contribution < -0.4 is 5.46 Å². The summed E-state index contributed by atoms with van der Waals surface area (Å²) in [7, 11) is 0.925. The third kappa shape index (κ3) is 4.90. The molecule has 170 valence electrons. The molecule has 0 spiro atoms. The van der Waals surface area contributed by atoms with E-state index in [-0.39, 0.29) is 18.4 Å². The van der Waals surface area contributed by atoms with Crippen molar-refractivity contribution in [2.24, 2.45) is 5.92 Å². The average molecular weight is 431 g/mol. The summed E-state index contributed by atoms with van der Waals surface area (Å²) >= 11 is 0. The Bertz CT molecular complexity index is 813. The molecule has 2 heterocycles. The van der Waals surface area contributed by atoms with Crippen molar-refractivity contribution in [1.29, 1.82) is 0 Å². The van der Waals surface area contributed by atoms with E-state index in [1.807, 2.05) is 72.7 Å². The highest BCUT2D eigenvalue weighted by atomic mass is 16.7. The number of rotatable bonds is 3. The molecule has 7 nitrogen and oxygen atoms in total. The molecule has 0 aromatic heterocycles. The van der Waals surface area contributed by atoms with E-state index in [1.165, 1.54) is 7.11 Å². The highest BCUT2D eigenvalue weighted by Gasteiger charge is 2.51. The molecule has 0 radical (unpaired) electrons. The van der Waals surface area contributed by atoms with Crippen molar-refractivity contribution in [2.75, 3.05) is 20.2 Å². The normalized spacial score (nSPS) is 24.9. The first-order valence-corrected chi connectivity index (χ1v) is 10.8. The lowest BCUT2D eigenvalue weighted by Gasteiger charge is -2.32. The standard InChI is InChI=1S/C23H34BNO6/c1-21(2,3)29-20(27)25-13-17(18(14-25)19(26)28-8)15-9-11-16(12-10-15)24-30-22(4,5)23(6,7)31-24/h9-12,17-18H,13-14H2,1-8H3/t17-,18+/m1/s1. The van der Waals surface area contributed by atoms with Gasteiger partial charge in [-0.15, -0.1) is 0 Å². The van der Waals surface area contributed by atoms with Crippen molar-refractivity contribution >= 4 is 24.6 Å². The Balaban J connectivity index is 1.78. The van der Waals surface area contributed by atoms with E-state index in [1.54, 1.807) is 4.90 Å². The zero-order valence-corrected chi connectivity index (χ0v) is 19.9. The molecule has 0 unspecified atom stereocenters. The van der Waals surface area contributed by atoms with Crippen LogP contribution in [-0.2, 0) is 23.6 Å². The summed E-state index contributed by atoms with van der Waals surface area (Å²) in [6, 6.07) is 7.86. The molecule has 2 fully saturated rings. The summed E-state index contributed by atoms with van der Waals surface area (Å²) in [5.41, 5.74) is 0.457. The van der Waals surface area contributed by atoms with Gasteiger partial charge in [0.25, 0.3) is 0 Å². The second-order valence-corrected chi connectivity index (χ2v) is 10.4. The van der Waals surface area contributed by atoms with Crippen molar-refractivity contribution < 1.29 is 28.4 Å². The highest BCUT2D eigenvalue weighted by Crippen LogP contribution is 2.37. The molecular formula is C23H34BNO6. The number of amides is 1. The third-order valence-electron chi connectivity index (χ3n) is 6.37. The molecule has 2 aliphatic heterocycles. The Morgan fingerprint density at radius 3 is 2.06 bits per heavy atom. The lowest BCUT2D eigenvalue weighted by Crippen LogP contribution is -2.41. The Morgan fingerprint density at radius 2 is 1.58 bits per heavy atom. The SMILES string of the molecule is COC(=O)[C@H]1CN(C(=O)OC(C)(C)C)C[C@@H]1c1ccc(B2OC(C)(C)C(C)(C)O2)cc1. The van der Waals surface area contributed by atoms with Gasteiger partial charge in [0.15, 0.2) is 0 Å². The average Bonchev–Trinajstić information content (AvgIpc) is 3.19. The first-order valence-electron chi connectivity index (χ1n) is 10.8. The minimum atomic E-state index is -0.597. The zero-order valence-electron chi connectivity index (χ0n) is 19.9. The lowest BCUT2D eigenvalue weighted by molar-refractivity contribution is -0.145. The first kappa shape index (κ1) is 23.6. The molecule has 3 rings (SSSR count). The number of hydrogen-bond acceptors (Lipinski definition) is 6. The van der Waals surface area contributed by atoms with Gasteiger partial charge in [0, 0.05) is 19.0 Å². The fraction of sp³-hybridized carbons (Fsp3) is 0.652. The van der Waals surface area contributed by atoms with E-state index in [4.69, 9.17) is 18.8 Å². The predicted molar refractivity (Wildman–Crippen MR) is 118 cm³/mol. The highest BCUT2D eigenvalue weighted by molar-refractivity contribution is 6.62. The number of nitrogens with zero attached hydrogens (tertiary/aromatic N) is 1. The maximum absolute atomic E-state index is 12.6. The minimum Gasteiger partial charge on any atom is -0.469 e. The number of benzene rings is 1. The Morgan fingerprint density at radius 1 is 1.03 bits per heavy atom. The zero-order chi connectivity index (χ0) is 23.2. The lowest BCUT2D eigenvalue weighted by atomic mass is 9.77. The molecule has 2 saturated heterocycles. The van der Waals surface area contributed by atoms with Gasteiger partial charge in [-0.3, -0.25) is 4.79 Å². The maximum Gasteiger partial charge on any atom is 0.494 e. The predicted octanol–water partition coefficient (Wildman–Crippen LogP) is 3.11. The van der Waals surface area contributed by atoms with Crippen LogP contribution in [0.2, 0.25) is 0 Å². The van der Waals surface area contributed by atoms with Crippen LogP contribution in [0.3, 0.4) is 0 Å². The van der Waals surface area contributed by atoms with E-state index < -0.39 is 35.9 Å². The summed E-state index contributed by atoms with van der Waals surface area (Å²) in [5.74, 6) is -0.946. The van der Waals surface area contributed by atoms with Gasteiger partial charge in [-0.05, 0) is 59.5 Å². The van der Waals surface area contributed by atoms with Crippen LogP contribution in [-0.4, -0.2) is 61.1 Å². The second-order valence-electron chi connectivity index (χ2n) is 10.4. The van der Waals surface area contributed by atoms with Gasteiger partial charge in [-0.2, -0.15) is 0 Å². The van der Waals surface area contributed by atoms with E-state index in [0.717, 1.165) is 11.0 Å². The van der Waals surface area contributed by atoms with Gasteiger partial charge in [0.05, 0.1) is 24.2 Å². The number of esters is 1. The molecule has 1 aromatic carbocycles. The number of methoxy groups -OCH3 is 1. The fourth-order valence-corrected chi connectivity index (χ4v) is 3.89. The Labute approximate surface area is 185 Å². The smallest absolute Gasteiger partial charge is 0.469 e. The van der Waals surface area contributed by atoms with Gasteiger partial charge >= 0.3 is 19.2 Å². The third-order valence-corrected chi connectivity index (χ3v) is 6.37. The molecular weight excluding hydrogens is 397 g/mol. The van der Waals surface area contributed by atoms with E-state index in [0.29, 0.717) is 6.54 Å². The number of ether oxygens (including phenoxy) is 2. The van der Waals surface area contributed by atoms with Crippen molar-refractivity contribution in [3.05, 3.63) is 29.8 Å². The number of carbonyl (C=O) groups excluding carboxylic acids is 2. The van der Waals surface area contributed by atoms with Crippen LogP contribution >= 0.6 is 0 Å². The van der Waals surface area contributed by atoms with E-state index >= 15 is 0 Å². The van der Waals surface area contributed by atoms with E-state index in [9.17, 15) is 9.59 Å². The summed E-state index contributed by atoms with van der Waals surface area (Å²) in [6.07, 6.45) is -0.419.